The molecule has 0 radical (unpaired) electrons. The maximum Gasteiger partial charge on any atom is 0.312 e. The predicted molar refractivity (Wildman–Crippen MR) is 59.7 cm³/mol. The standard InChI is InChI=1S/C10H11NO5S/c12-8(5-10(15)16)11-6(4-9(13)14)7-2-1-3-17-7/h1-3,6H,4-5H2,(H,11,12)(H,13,14)(H,15,16). The van der Waals surface area contributed by atoms with Crippen molar-refractivity contribution in [3.8, 4) is 0 Å². The average Bonchev–Trinajstić information content (AvgIpc) is 2.66. The van der Waals surface area contributed by atoms with Gasteiger partial charge in [-0.3, -0.25) is 14.4 Å². The van der Waals surface area contributed by atoms with Crippen LogP contribution < -0.4 is 5.32 Å². The second kappa shape index (κ2) is 6.00. The van der Waals surface area contributed by atoms with Crippen molar-refractivity contribution in [3.63, 3.8) is 0 Å². The van der Waals surface area contributed by atoms with Crippen LogP contribution in [-0.4, -0.2) is 28.1 Å². The molecule has 0 aliphatic heterocycles. The van der Waals surface area contributed by atoms with Gasteiger partial charge in [-0.1, -0.05) is 6.07 Å². The van der Waals surface area contributed by atoms with Gasteiger partial charge in [0.15, 0.2) is 0 Å². The monoisotopic (exact) mass is 257 g/mol. The lowest BCUT2D eigenvalue weighted by atomic mass is 10.1. The van der Waals surface area contributed by atoms with E-state index in [-0.39, 0.29) is 6.42 Å². The smallest absolute Gasteiger partial charge is 0.312 e. The SMILES string of the molecule is O=C(O)CC(=O)NC(CC(=O)O)c1cccs1. The molecule has 0 fully saturated rings. The van der Waals surface area contributed by atoms with Crippen LogP contribution >= 0.6 is 11.3 Å². The molecule has 0 saturated carbocycles. The van der Waals surface area contributed by atoms with E-state index in [1.165, 1.54) is 11.3 Å². The zero-order valence-electron chi connectivity index (χ0n) is 8.75. The summed E-state index contributed by atoms with van der Waals surface area (Å²) in [5, 5.41) is 21.3. The van der Waals surface area contributed by atoms with Crippen LogP contribution in [0.25, 0.3) is 0 Å². The first-order chi connectivity index (χ1) is 7.99. The van der Waals surface area contributed by atoms with Crippen molar-refractivity contribution in [1.29, 1.82) is 0 Å². The highest BCUT2D eigenvalue weighted by molar-refractivity contribution is 7.10. The minimum Gasteiger partial charge on any atom is -0.481 e. The predicted octanol–water partition coefficient (Wildman–Crippen LogP) is 0.855. The molecule has 1 aromatic heterocycles. The van der Waals surface area contributed by atoms with Gasteiger partial charge in [-0.05, 0) is 11.4 Å². The van der Waals surface area contributed by atoms with Gasteiger partial charge in [0, 0.05) is 4.88 Å². The summed E-state index contributed by atoms with van der Waals surface area (Å²) in [6, 6.07) is 2.75. The number of rotatable bonds is 6. The Balaban J connectivity index is 2.68. The minimum absolute atomic E-state index is 0.272. The fraction of sp³-hybridized carbons (Fsp3) is 0.300. The average molecular weight is 257 g/mol. The van der Waals surface area contributed by atoms with Crippen LogP contribution in [0.5, 0.6) is 0 Å². The van der Waals surface area contributed by atoms with E-state index in [1.807, 2.05) is 0 Å². The van der Waals surface area contributed by atoms with E-state index in [0.29, 0.717) is 4.88 Å². The van der Waals surface area contributed by atoms with Gasteiger partial charge < -0.3 is 15.5 Å². The van der Waals surface area contributed by atoms with Crippen LogP contribution in [0.2, 0.25) is 0 Å². The Morgan fingerprint density at radius 1 is 1.29 bits per heavy atom. The summed E-state index contributed by atoms with van der Waals surface area (Å²) in [4.78, 5) is 32.9. The summed E-state index contributed by atoms with van der Waals surface area (Å²) in [7, 11) is 0. The second-order valence-electron chi connectivity index (χ2n) is 3.30. The molecule has 6 nitrogen and oxygen atoms in total. The molecule has 92 valence electrons. The van der Waals surface area contributed by atoms with E-state index in [1.54, 1.807) is 17.5 Å². The minimum atomic E-state index is -1.25. The highest BCUT2D eigenvalue weighted by Crippen LogP contribution is 2.22. The number of carboxylic acid groups (broad SMARTS) is 2. The van der Waals surface area contributed by atoms with Crippen LogP contribution in [0.1, 0.15) is 23.8 Å². The molecule has 0 bridgehead atoms. The molecule has 0 aliphatic carbocycles. The molecule has 0 aromatic carbocycles. The molecule has 7 heteroatoms. The third-order valence-electron chi connectivity index (χ3n) is 1.91. The zero-order valence-corrected chi connectivity index (χ0v) is 9.57. The fourth-order valence-corrected chi connectivity index (χ4v) is 2.05. The largest absolute Gasteiger partial charge is 0.481 e. The molecule has 1 amide bonds. The highest BCUT2D eigenvalue weighted by atomic mass is 32.1. The Labute approximate surface area is 101 Å². The van der Waals surface area contributed by atoms with Gasteiger partial charge >= 0.3 is 11.9 Å². The van der Waals surface area contributed by atoms with Gasteiger partial charge in [0.2, 0.25) is 5.91 Å². The molecule has 1 atom stereocenters. The number of hydrogen-bond donors (Lipinski definition) is 3. The summed E-state index contributed by atoms with van der Waals surface area (Å²) in [6.07, 6.45) is -0.937. The number of hydrogen-bond acceptors (Lipinski definition) is 4. The van der Waals surface area contributed by atoms with Crippen molar-refractivity contribution in [1.82, 2.24) is 5.32 Å². The Morgan fingerprint density at radius 3 is 2.47 bits per heavy atom. The molecule has 1 rings (SSSR count). The third kappa shape index (κ3) is 4.64. The lowest BCUT2D eigenvalue weighted by Gasteiger charge is -2.14. The Kier molecular flexibility index (Phi) is 4.65. The summed E-state index contributed by atoms with van der Waals surface area (Å²) >= 11 is 1.31. The molecule has 1 aromatic rings. The van der Waals surface area contributed by atoms with Gasteiger partial charge in [-0.2, -0.15) is 0 Å². The summed E-state index contributed by atoms with van der Waals surface area (Å²) in [5.41, 5.74) is 0. The first-order valence-corrected chi connectivity index (χ1v) is 5.63. The van der Waals surface area contributed by atoms with Gasteiger partial charge in [-0.15, -0.1) is 11.3 Å². The highest BCUT2D eigenvalue weighted by Gasteiger charge is 2.19. The first-order valence-electron chi connectivity index (χ1n) is 4.75. The Morgan fingerprint density at radius 2 is 2.00 bits per heavy atom. The third-order valence-corrected chi connectivity index (χ3v) is 2.90. The second-order valence-corrected chi connectivity index (χ2v) is 4.28. The van der Waals surface area contributed by atoms with E-state index in [0.717, 1.165) is 0 Å². The molecule has 1 heterocycles. The summed E-state index contributed by atoms with van der Waals surface area (Å²) in [6.45, 7) is 0. The number of thiophene rings is 1. The topological polar surface area (TPSA) is 104 Å². The number of carbonyl (C=O) groups excluding carboxylic acids is 1. The van der Waals surface area contributed by atoms with Crippen molar-refractivity contribution in [2.24, 2.45) is 0 Å². The maximum absolute atomic E-state index is 11.3. The van der Waals surface area contributed by atoms with E-state index in [2.05, 4.69) is 5.32 Å². The molecule has 0 saturated heterocycles. The molecular weight excluding hydrogens is 246 g/mol. The number of amides is 1. The van der Waals surface area contributed by atoms with Crippen LogP contribution in [0.4, 0.5) is 0 Å². The molecule has 0 spiro atoms. The molecule has 3 N–H and O–H groups in total. The zero-order chi connectivity index (χ0) is 12.8. The van der Waals surface area contributed by atoms with E-state index < -0.39 is 30.3 Å². The van der Waals surface area contributed by atoms with Gasteiger partial charge in [0.1, 0.15) is 6.42 Å². The van der Waals surface area contributed by atoms with E-state index in [4.69, 9.17) is 10.2 Å². The Bertz CT molecular complexity index is 414. The van der Waals surface area contributed by atoms with Crippen LogP contribution in [-0.2, 0) is 14.4 Å². The lowest BCUT2D eigenvalue weighted by molar-refractivity contribution is -0.140. The van der Waals surface area contributed by atoms with E-state index >= 15 is 0 Å². The summed E-state index contributed by atoms with van der Waals surface area (Å²) in [5.74, 6) is -3.00. The molecular formula is C10H11NO5S. The number of carbonyl (C=O) groups is 3. The summed E-state index contributed by atoms with van der Waals surface area (Å²) < 4.78 is 0. The Hall–Kier alpha value is -1.89. The van der Waals surface area contributed by atoms with Crippen molar-refractivity contribution >= 4 is 29.2 Å². The fourth-order valence-electron chi connectivity index (χ4n) is 1.27. The van der Waals surface area contributed by atoms with E-state index in [9.17, 15) is 14.4 Å². The number of nitrogens with one attached hydrogen (secondary N) is 1. The first kappa shape index (κ1) is 13.2. The van der Waals surface area contributed by atoms with Crippen molar-refractivity contribution in [2.75, 3.05) is 0 Å². The normalized spacial score (nSPS) is 11.8. The molecule has 1 unspecified atom stereocenters. The van der Waals surface area contributed by atoms with Crippen molar-refractivity contribution in [2.45, 2.75) is 18.9 Å². The van der Waals surface area contributed by atoms with Gasteiger partial charge in [0.05, 0.1) is 12.5 Å². The van der Waals surface area contributed by atoms with Gasteiger partial charge in [-0.25, -0.2) is 0 Å². The quantitative estimate of drug-likeness (QED) is 0.655. The van der Waals surface area contributed by atoms with Crippen LogP contribution in [0, 0.1) is 0 Å². The lowest BCUT2D eigenvalue weighted by Crippen LogP contribution is -2.31. The number of aliphatic carboxylic acids is 2. The van der Waals surface area contributed by atoms with Crippen molar-refractivity contribution in [3.05, 3.63) is 22.4 Å². The van der Waals surface area contributed by atoms with Crippen LogP contribution in [0.15, 0.2) is 17.5 Å². The van der Waals surface area contributed by atoms with Crippen LogP contribution in [0.3, 0.4) is 0 Å². The molecule has 17 heavy (non-hydrogen) atoms. The van der Waals surface area contributed by atoms with Gasteiger partial charge in [0.25, 0.3) is 0 Å². The molecule has 0 aliphatic rings. The number of carboxylic acids is 2. The maximum atomic E-state index is 11.3. The van der Waals surface area contributed by atoms with Crippen molar-refractivity contribution < 1.29 is 24.6 Å².